The number of amides is 2. The van der Waals surface area contributed by atoms with Crippen molar-refractivity contribution in [3.8, 4) is 5.75 Å². The van der Waals surface area contributed by atoms with Gasteiger partial charge in [-0.3, -0.25) is 10.1 Å². The summed E-state index contributed by atoms with van der Waals surface area (Å²) in [5.41, 5.74) is 2.09. The van der Waals surface area contributed by atoms with Crippen LogP contribution in [0.5, 0.6) is 5.75 Å². The number of rotatable bonds is 5. The molecule has 2 aromatic carbocycles. The largest absolute Gasteiger partial charge is 0.484 e. The highest BCUT2D eigenvalue weighted by Gasteiger charge is 2.30. The number of hydrogen-bond donors (Lipinski definition) is 2. The van der Waals surface area contributed by atoms with Crippen LogP contribution in [0.25, 0.3) is 0 Å². The summed E-state index contributed by atoms with van der Waals surface area (Å²) in [7, 11) is 0. The van der Waals surface area contributed by atoms with E-state index < -0.39 is 11.7 Å². The first-order valence-electron chi connectivity index (χ1n) is 10.5. The molecule has 7 nitrogen and oxygen atoms in total. The van der Waals surface area contributed by atoms with E-state index in [2.05, 4.69) is 27.7 Å². The minimum atomic E-state index is -0.576. The molecule has 31 heavy (non-hydrogen) atoms. The van der Waals surface area contributed by atoms with Gasteiger partial charge in [0, 0.05) is 19.2 Å². The minimum absolute atomic E-state index is 0.0894. The van der Waals surface area contributed by atoms with Crippen LogP contribution in [-0.4, -0.2) is 36.3 Å². The molecule has 0 saturated heterocycles. The maximum Gasteiger partial charge on any atom is 0.412 e. The molecule has 0 fully saturated rings. The average Bonchev–Trinajstić information content (AvgIpc) is 2.67. The Morgan fingerprint density at radius 3 is 2.55 bits per heavy atom. The van der Waals surface area contributed by atoms with Crippen molar-refractivity contribution < 1.29 is 19.1 Å². The molecule has 0 bridgehead atoms. The fourth-order valence-corrected chi connectivity index (χ4v) is 3.51. The van der Waals surface area contributed by atoms with Crippen LogP contribution in [0.3, 0.4) is 0 Å². The van der Waals surface area contributed by atoms with Gasteiger partial charge in [-0.25, -0.2) is 4.79 Å². The van der Waals surface area contributed by atoms with Crippen LogP contribution in [0.4, 0.5) is 16.2 Å². The van der Waals surface area contributed by atoms with Crippen molar-refractivity contribution in [2.75, 3.05) is 16.8 Å². The van der Waals surface area contributed by atoms with Gasteiger partial charge in [0.25, 0.3) is 0 Å². The number of nitrogens with one attached hydrogen (secondary N) is 2. The van der Waals surface area contributed by atoms with Gasteiger partial charge in [-0.15, -0.1) is 0 Å². The van der Waals surface area contributed by atoms with Crippen LogP contribution in [0, 0.1) is 0 Å². The third-order valence-electron chi connectivity index (χ3n) is 4.83. The molecule has 0 aliphatic carbocycles. The number of ether oxygens (including phenoxy) is 2. The Labute approximate surface area is 183 Å². The summed E-state index contributed by atoms with van der Waals surface area (Å²) in [6.45, 7) is 10.2. The van der Waals surface area contributed by atoms with E-state index in [1.54, 1.807) is 6.07 Å². The zero-order chi connectivity index (χ0) is 22.6. The Bertz CT molecular complexity index is 924. The highest BCUT2D eigenvalue weighted by Crippen LogP contribution is 2.37. The summed E-state index contributed by atoms with van der Waals surface area (Å²) in [5, 5.41) is 5.72. The van der Waals surface area contributed by atoms with Gasteiger partial charge in [-0.05, 0) is 51.5 Å². The maximum absolute atomic E-state index is 12.2. The zero-order valence-corrected chi connectivity index (χ0v) is 18.8. The number of anilines is 2. The van der Waals surface area contributed by atoms with E-state index in [-0.39, 0.29) is 18.1 Å². The molecule has 166 valence electrons. The number of fused-ring (bicyclic) bond motifs is 1. The summed E-state index contributed by atoms with van der Waals surface area (Å²) in [6.07, 6.45) is -0.708. The summed E-state index contributed by atoms with van der Waals surface area (Å²) >= 11 is 0. The van der Waals surface area contributed by atoms with Crippen molar-refractivity contribution in [2.45, 2.75) is 58.9 Å². The number of benzene rings is 2. The van der Waals surface area contributed by atoms with Crippen LogP contribution in [0.2, 0.25) is 0 Å². The van der Waals surface area contributed by atoms with Gasteiger partial charge in [0.15, 0.2) is 0 Å². The van der Waals surface area contributed by atoms with Gasteiger partial charge in [-0.2, -0.15) is 0 Å². The molecule has 0 saturated carbocycles. The lowest BCUT2D eigenvalue weighted by atomic mass is 10.1. The predicted octanol–water partition coefficient (Wildman–Crippen LogP) is 4.33. The molecule has 2 atom stereocenters. The zero-order valence-electron chi connectivity index (χ0n) is 18.8. The van der Waals surface area contributed by atoms with Gasteiger partial charge in [0.1, 0.15) is 17.5 Å². The van der Waals surface area contributed by atoms with Gasteiger partial charge in [0.2, 0.25) is 5.91 Å². The second-order valence-electron chi connectivity index (χ2n) is 8.82. The quantitative estimate of drug-likeness (QED) is 0.746. The smallest absolute Gasteiger partial charge is 0.412 e. The van der Waals surface area contributed by atoms with E-state index in [1.165, 1.54) is 6.92 Å². The minimum Gasteiger partial charge on any atom is -0.484 e. The van der Waals surface area contributed by atoms with E-state index >= 15 is 0 Å². The Hall–Kier alpha value is -3.22. The molecule has 0 spiro atoms. The second-order valence-corrected chi connectivity index (χ2v) is 8.82. The first-order valence-corrected chi connectivity index (χ1v) is 10.5. The average molecular weight is 426 g/mol. The number of hydrogen-bond acceptors (Lipinski definition) is 5. The van der Waals surface area contributed by atoms with Crippen LogP contribution in [0.1, 0.15) is 40.2 Å². The van der Waals surface area contributed by atoms with Crippen molar-refractivity contribution in [2.24, 2.45) is 0 Å². The Morgan fingerprint density at radius 1 is 1.19 bits per heavy atom. The van der Waals surface area contributed by atoms with Crippen molar-refractivity contribution >= 4 is 23.4 Å². The molecule has 0 radical (unpaired) electrons. The first kappa shape index (κ1) is 22.5. The van der Waals surface area contributed by atoms with Crippen LogP contribution >= 0.6 is 0 Å². The highest BCUT2D eigenvalue weighted by molar-refractivity contribution is 5.86. The number of nitrogens with zero attached hydrogens (tertiary/aromatic N) is 1. The van der Waals surface area contributed by atoms with Gasteiger partial charge in [-0.1, -0.05) is 30.3 Å². The number of carbonyl (C=O) groups is 2. The summed E-state index contributed by atoms with van der Waals surface area (Å²) in [5.74, 6) is 0.618. The molecular weight excluding hydrogens is 394 g/mol. The molecule has 2 N–H and O–H groups in total. The van der Waals surface area contributed by atoms with E-state index in [9.17, 15) is 9.59 Å². The normalized spacial score (nSPS) is 16.5. The molecule has 1 aliphatic rings. The first-order chi connectivity index (χ1) is 14.6. The predicted molar refractivity (Wildman–Crippen MR) is 121 cm³/mol. The molecular formula is C24H31N3O4. The Morgan fingerprint density at radius 2 is 1.90 bits per heavy atom. The van der Waals surface area contributed by atoms with Crippen LogP contribution in [-0.2, 0) is 16.1 Å². The van der Waals surface area contributed by atoms with Gasteiger partial charge >= 0.3 is 6.09 Å². The van der Waals surface area contributed by atoms with E-state index in [0.29, 0.717) is 24.5 Å². The summed E-state index contributed by atoms with van der Waals surface area (Å²) in [4.78, 5) is 25.9. The molecule has 2 aromatic rings. The Kier molecular flexibility index (Phi) is 6.73. The van der Waals surface area contributed by atoms with Crippen LogP contribution < -0.4 is 20.3 Å². The fraction of sp³-hybridized carbons (Fsp3) is 0.417. The van der Waals surface area contributed by atoms with E-state index in [1.807, 2.05) is 58.0 Å². The van der Waals surface area contributed by atoms with Gasteiger partial charge < -0.3 is 19.7 Å². The van der Waals surface area contributed by atoms with E-state index in [4.69, 9.17) is 9.47 Å². The monoisotopic (exact) mass is 425 g/mol. The topological polar surface area (TPSA) is 79.9 Å². The molecule has 3 rings (SSSR count). The van der Waals surface area contributed by atoms with Crippen molar-refractivity contribution in [3.63, 3.8) is 0 Å². The molecule has 2 amide bonds. The number of carbonyl (C=O) groups excluding carboxylic acids is 2. The molecule has 1 heterocycles. The lowest BCUT2D eigenvalue weighted by Crippen LogP contribution is -2.51. The molecule has 0 aromatic heterocycles. The maximum atomic E-state index is 12.2. The molecule has 1 aliphatic heterocycles. The fourth-order valence-electron chi connectivity index (χ4n) is 3.51. The van der Waals surface area contributed by atoms with Crippen molar-refractivity contribution in [1.82, 2.24) is 5.32 Å². The SMILES string of the molecule is CC(=O)N[C@H](C)[C@H]1CN(Cc2ccccc2)c2cc(NC(=O)OC(C)(C)C)ccc2O1. The third-order valence-corrected chi connectivity index (χ3v) is 4.83. The lowest BCUT2D eigenvalue weighted by Gasteiger charge is -2.39. The van der Waals surface area contributed by atoms with Crippen molar-refractivity contribution in [3.05, 3.63) is 54.1 Å². The Balaban J connectivity index is 1.86. The summed E-state index contributed by atoms with van der Waals surface area (Å²) in [6, 6.07) is 15.5. The molecule has 7 heteroatoms. The van der Waals surface area contributed by atoms with Gasteiger partial charge in [0.05, 0.1) is 18.3 Å². The third kappa shape index (κ3) is 6.38. The van der Waals surface area contributed by atoms with Crippen LogP contribution in [0.15, 0.2) is 48.5 Å². The second kappa shape index (κ2) is 9.29. The standard InChI is InChI=1S/C24H31N3O4/c1-16(25-17(2)28)22-15-27(14-18-9-7-6-8-10-18)20-13-19(11-12-21(20)30-22)26-23(29)31-24(3,4)5/h6-13,16,22H,14-15H2,1-5H3,(H,25,28)(H,26,29)/t16-,22-/m1/s1. The summed E-state index contributed by atoms with van der Waals surface area (Å²) < 4.78 is 11.6. The highest BCUT2D eigenvalue weighted by atomic mass is 16.6. The molecule has 0 unspecified atom stereocenters. The van der Waals surface area contributed by atoms with E-state index in [0.717, 1.165) is 11.3 Å². The van der Waals surface area contributed by atoms with Crippen molar-refractivity contribution in [1.29, 1.82) is 0 Å². The lowest BCUT2D eigenvalue weighted by molar-refractivity contribution is -0.120.